The average Bonchev–Trinajstić information content (AvgIpc) is 3.79. The molecule has 5 heteroatoms. The summed E-state index contributed by atoms with van der Waals surface area (Å²) in [6, 6.07) is 54.1. The van der Waals surface area contributed by atoms with E-state index in [0.29, 0.717) is 17.5 Å². The van der Waals surface area contributed by atoms with E-state index in [9.17, 15) is 0 Å². The highest BCUT2D eigenvalue weighted by molar-refractivity contribution is 6.12. The zero-order chi connectivity index (χ0) is 45.4. The molecule has 0 saturated carbocycles. The molecule has 322 valence electrons. The molecule has 10 aromatic rings. The first-order valence-corrected chi connectivity index (χ1v) is 23.1. The third-order valence-corrected chi connectivity index (χ3v) is 14.1. The van der Waals surface area contributed by atoms with Gasteiger partial charge in [0.15, 0.2) is 17.5 Å². The van der Waals surface area contributed by atoms with E-state index in [4.69, 9.17) is 15.0 Å². The quantitative estimate of drug-likeness (QED) is 0.174. The van der Waals surface area contributed by atoms with Crippen LogP contribution in [0.4, 0.5) is 0 Å². The summed E-state index contributed by atoms with van der Waals surface area (Å²) in [6.45, 7) is 25.3. The van der Waals surface area contributed by atoms with Crippen LogP contribution in [0.1, 0.15) is 104 Å². The maximum Gasteiger partial charge on any atom is 0.166 e. The summed E-state index contributed by atoms with van der Waals surface area (Å²) < 4.78 is 4.89. The van der Waals surface area contributed by atoms with Crippen LogP contribution in [0.5, 0.6) is 0 Å². The molecular formula is C60H57N5. The van der Waals surface area contributed by atoms with E-state index in [1.807, 2.05) is 6.07 Å². The molecule has 0 unspecified atom stereocenters. The van der Waals surface area contributed by atoms with Crippen molar-refractivity contribution in [2.24, 2.45) is 0 Å². The predicted molar refractivity (Wildman–Crippen MR) is 273 cm³/mol. The lowest BCUT2D eigenvalue weighted by atomic mass is 9.75. The number of rotatable bonds is 2. The largest absolute Gasteiger partial charge is 0.309 e. The van der Waals surface area contributed by atoms with Gasteiger partial charge in [-0.25, -0.2) is 15.0 Å². The molecule has 0 spiro atoms. The van der Waals surface area contributed by atoms with Crippen molar-refractivity contribution in [3.8, 4) is 45.5 Å². The normalized spacial score (nSPS) is 13.9. The molecule has 12 rings (SSSR count). The molecule has 0 atom stereocenters. The van der Waals surface area contributed by atoms with Crippen molar-refractivity contribution in [2.75, 3.05) is 0 Å². The zero-order valence-electron chi connectivity index (χ0n) is 39.6. The Kier molecular flexibility index (Phi) is 8.85. The number of aromatic nitrogens is 5. The Morgan fingerprint density at radius 3 is 1.42 bits per heavy atom. The molecule has 6 bridgehead atoms. The van der Waals surface area contributed by atoms with Gasteiger partial charge in [0.05, 0.1) is 27.8 Å². The molecule has 2 aliphatic heterocycles. The molecular weight excluding hydrogens is 791 g/mol. The van der Waals surface area contributed by atoms with Gasteiger partial charge in [-0.1, -0.05) is 155 Å². The molecule has 5 nitrogen and oxygen atoms in total. The minimum atomic E-state index is -0.384. The second-order valence-corrected chi connectivity index (χ2v) is 21.9. The van der Waals surface area contributed by atoms with Gasteiger partial charge in [0.1, 0.15) is 0 Å². The van der Waals surface area contributed by atoms with Crippen LogP contribution in [0.2, 0.25) is 0 Å². The standard InChI is InChI=1S/C60H57N5/c1-57(2,3)37-21-26-49-43(31-37)44-32-38(58(4,5)6)22-27-50(44)64(49)41-25-30-53-47(35-41)56-62-54(36-17-13-12-14-18-36)61-55(63-56)42-19-15-16-20-48(42)60(10,11)40-24-29-52-46(34-40)45-33-39(59(7,8)9)23-28-51(45)65(52)53/h12-35H,1-11H3. The molecule has 2 aliphatic rings. The number of hydrogen-bond donors (Lipinski definition) is 0. The lowest BCUT2D eigenvalue weighted by molar-refractivity contribution is 0.590. The molecule has 5 heterocycles. The fourth-order valence-corrected chi connectivity index (χ4v) is 10.1. The molecule has 0 saturated heterocycles. The second kappa shape index (κ2) is 14.1. The van der Waals surface area contributed by atoms with Crippen molar-refractivity contribution < 1.29 is 0 Å². The fourth-order valence-electron chi connectivity index (χ4n) is 10.1. The van der Waals surface area contributed by atoms with Crippen molar-refractivity contribution in [1.82, 2.24) is 24.1 Å². The van der Waals surface area contributed by atoms with Gasteiger partial charge in [-0.3, -0.25) is 0 Å². The minimum absolute atomic E-state index is 0.00205. The lowest BCUT2D eigenvalue weighted by Gasteiger charge is -2.28. The Hall–Kier alpha value is -6.85. The Morgan fingerprint density at radius 1 is 0.400 bits per heavy atom. The summed E-state index contributed by atoms with van der Waals surface area (Å²) in [4.78, 5) is 16.3. The first-order valence-electron chi connectivity index (χ1n) is 23.1. The van der Waals surface area contributed by atoms with Gasteiger partial charge in [-0.05, 0) is 111 Å². The first-order chi connectivity index (χ1) is 30.9. The van der Waals surface area contributed by atoms with Crippen LogP contribution in [-0.4, -0.2) is 24.1 Å². The predicted octanol–water partition coefficient (Wildman–Crippen LogP) is 15.6. The number of fused-ring (bicyclic) bond motifs is 5. The third kappa shape index (κ3) is 6.53. The SMILES string of the molecule is CC(C)(C)c1ccc2c(c1)c1cc(C(C)(C)C)ccc1n2-c1ccc2c(c1)-c1nc(-c3ccccc3)nc(n1)-c1ccccc1C(C)(C)c1ccc3c(c1)c1cc(C(C)(C)C)ccc1n3-2. The van der Waals surface area contributed by atoms with Crippen LogP contribution in [0.15, 0.2) is 146 Å². The topological polar surface area (TPSA) is 48.5 Å². The van der Waals surface area contributed by atoms with Crippen LogP contribution < -0.4 is 0 Å². The highest BCUT2D eigenvalue weighted by Gasteiger charge is 2.31. The van der Waals surface area contributed by atoms with Crippen molar-refractivity contribution in [3.63, 3.8) is 0 Å². The summed E-state index contributed by atoms with van der Waals surface area (Å²) in [7, 11) is 0. The number of hydrogen-bond acceptors (Lipinski definition) is 3. The van der Waals surface area contributed by atoms with Gasteiger partial charge in [-0.2, -0.15) is 0 Å². The highest BCUT2D eigenvalue weighted by Crippen LogP contribution is 2.45. The summed E-state index contributed by atoms with van der Waals surface area (Å²) in [5, 5.41) is 4.97. The van der Waals surface area contributed by atoms with Crippen molar-refractivity contribution in [1.29, 1.82) is 0 Å². The number of nitrogens with zero attached hydrogens (tertiary/aromatic N) is 5. The van der Waals surface area contributed by atoms with Gasteiger partial charge in [0.25, 0.3) is 0 Å². The van der Waals surface area contributed by atoms with Gasteiger partial charge in [0.2, 0.25) is 0 Å². The lowest BCUT2D eigenvalue weighted by Crippen LogP contribution is -2.20. The van der Waals surface area contributed by atoms with Crippen molar-refractivity contribution >= 4 is 43.6 Å². The summed E-state index contributed by atoms with van der Waals surface area (Å²) in [6.07, 6.45) is 0. The summed E-state index contributed by atoms with van der Waals surface area (Å²) >= 11 is 0. The zero-order valence-corrected chi connectivity index (χ0v) is 39.6. The smallest absolute Gasteiger partial charge is 0.166 e. The van der Waals surface area contributed by atoms with Gasteiger partial charge >= 0.3 is 0 Å². The third-order valence-electron chi connectivity index (χ3n) is 14.1. The van der Waals surface area contributed by atoms with E-state index in [1.54, 1.807) is 0 Å². The van der Waals surface area contributed by atoms with E-state index >= 15 is 0 Å². The molecule has 3 aromatic heterocycles. The minimum Gasteiger partial charge on any atom is -0.309 e. The van der Waals surface area contributed by atoms with Gasteiger partial charge in [-0.15, -0.1) is 0 Å². The monoisotopic (exact) mass is 847 g/mol. The van der Waals surface area contributed by atoms with Gasteiger partial charge in [0, 0.05) is 49.3 Å². The molecule has 0 amide bonds. The van der Waals surface area contributed by atoms with Crippen molar-refractivity contribution in [3.05, 3.63) is 173 Å². The maximum atomic E-state index is 5.54. The summed E-state index contributed by atoms with van der Waals surface area (Å²) in [5.41, 5.74) is 15.5. The molecule has 0 aliphatic carbocycles. The molecule has 0 radical (unpaired) electrons. The molecule has 65 heavy (non-hydrogen) atoms. The van der Waals surface area contributed by atoms with Gasteiger partial charge < -0.3 is 9.13 Å². The van der Waals surface area contributed by atoms with E-state index in [-0.39, 0.29) is 21.7 Å². The molecule has 7 aromatic carbocycles. The van der Waals surface area contributed by atoms with Crippen LogP contribution in [0, 0.1) is 0 Å². The average molecular weight is 848 g/mol. The second-order valence-electron chi connectivity index (χ2n) is 21.9. The van der Waals surface area contributed by atoms with E-state index in [1.165, 1.54) is 54.8 Å². The van der Waals surface area contributed by atoms with E-state index in [0.717, 1.165) is 44.7 Å². The molecule has 0 fully saturated rings. The summed E-state index contributed by atoms with van der Waals surface area (Å²) in [5.74, 6) is 1.92. The van der Waals surface area contributed by atoms with E-state index < -0.39 is 0 Å². The Labute approximate surface area is 382 Å². The number of benzene rings is 7. The maximum absolute atomic E-state index is 5.54. The van der Waals surface area contributed by atoms with Crippen LogP contribution in [0.3, 0.4) is 0 Å². The van der Waals surface area contributed by atoms with Crippen LogP contribution in [-0.2, 0) is 21.7 Å². The molecule has 0 N–H and O–H groups in total. The van der Waals surface area contributed by atoms with E-state index in [2.05, 4.69) is 225 Å². The van der Waals surface area contributed by atoms with Crippen LogP contribution >= 0.6 is 0 Å². The van der Waals surface area contributed by atoms with Crippen LogP contribution in [0.25, 0.3) is 89.2 Å². The Morgan fingerprint density at radius 2 is 0.862 bits per heavy atom. The first kappa shape index (κ1) is 40.9. The highest BCUT2D eigenvalue weighted by atomic mass is 15.1. The fraction of sp³-hybridized carbons (Fsp3) is 0.250. The Bertz CT molecular complexity index is 3490. The Balaban J connectivity index is 1.30. The van der Waals surface area contributed by atoms with Crippen molar-refractivity contribution in [2.45, 2.75) is 97.8 Å².